The first-order chi connectivity index (χ1) is 14.0. The number of nitrogens with zero attached hydrogens (tertiary/aromatic N) is 2. The minimum atomic E-state index is -3.82. The molecule has 0 saturated carbocycles. The molecule has 1 fully saturated rings. The van der Waals surface area contributed by atoms with Crippen LogP contribution in [0, 0.1) is 11.3 Å². The summed E-state index contributed by atoms with van der Waals surface area (Å²) in [6.45, 7) is 6.12. The number of nitrogens with one attached hydrogen (secondary N) is 1. The van der Waals surface area contributed by atoms with Gasteiger partial charge in [0.15, 0.2) is 0 Å². The van der Waals surface area contributed by atoms with Gasteiger partial charge in [-0.25, -0.2) is 0 Å². The van der Waals surface area contributed by atoms with Crippen LogP contribution < -0.4 is 5.32 Å². The fourth-order valence-corrected chi connectivity index (χ4v) is 4.62. The van der Waals surface area contributed by atoms with Gasteiger partial charge < -0.3 is 4.43 Å². The second kappa shape index (κ2) is 16.7. The van der Waals surface area contributed by atoms with E-state index in [9.17, 15) is 4.57 Å². The third-order valence-corrected chi connectivity index (χ3v) is 6.56. The molecule has 0 spiro atoms. The summed E-state index contributed by atoms with van der Waals surface area (Å²) >= 11 is 1.95. The molecule has 29 heavy (non-hydrogen) atoms. The predicted octanol–water partition coefficient (Wildman–Crippen LogP) is 2.32. The summed E-state index contributed by atoms with van der Waals surface area (Å²) in [6, 6.07) is 2.94. The van der Waals surface area contributed by atoms with E-state index in [4.69, 9.17) is 32.8 Å². The van der Waals surface area contributed by atoms with Gasteiger partial charge in [-0.3, -0.25) is 0 Å². The molecule has 10 nitrogen and oxygen atoms in total. The van der Waals surface area contributed by atoms with Crippen LogP contribution in [0.15, 0.2) is 3.95 Å². The Labute approximate surface area is 184 Å². The molecule has 13 heteroatoms. The molecule has 3 unspecified atom stereocenters. The van der Waals surface area contributed by atoms with E-state index in [1.165, 1.54) is 0 Å². The molecule has 1 aliphatic rings. The average Bonchev–Trinajstić information content (AvgIpc) is 3.11. The van der Waals surface area contributed by atoms with Gasteiger partial charge in [0, 0.05) is 6.10 Å². The quantitative estimate of drug-likeness (QED) is 0.135. The van der Waals surface area contributed by atoms with Gasteiger partial charge >= 0.3 is 138 Å². The van der Waals surface area contributed by atoms with E-state index in [0.717, 1.165) is 19.0 Å². The summed E-state index contributed by atoms with van der Waals surface area (Å²) in [5.74, 6) is 0. The van der Waals surface area contributed by atoms with Gasteiger partial charge in [-0.2, -0.15) is 0 Å². The third kappa shape index (κ3) is 13.1. The maximum absolute atomic E-state index is 13.0. The summed E-state index contributed by atoms with van der Waals surface area (Å²) < 4.78 is 43.9. The summed E-state index contributed by atoms with van der Waals surface area (Å²) in [6.07, 6.45) is 0.976. The predicted molar refractivity (Wildman–Crippen MR) is 102 cm³/mol. The fraction of sp³-hybridized carbons (Fsp3) is 0.938. The van der Waals surface area contributed by atoms with Crippen LogP contribution >= 0.6 is 7.82 Å². The zero-order valence-electron chi connectivity index (χ0n) is 16.9. The molecule has 1 heterocycles. The zero-order valence-corrected chi connectivity index (χ0v) is 20.2. The normalized spacial score (nSPS) is 21.1. The van der Waals surface area contributed by atoms with E-state index < -0.39 is 20.0 Å². The molecule has 0 aromatic heterocycles. The molecule has 3 atom stereocenters. The number of hydrogen-bond acceptors (Lipinski definition) is 10. The molecule has 165 valence electrons. The van der Waals surface area contributed by atoms with Crippen LogP contribution in [0.5, 0.6) is 0 Å². The monoisotopic (exact) mass is 486 g/mol. The Morgan fingerprint density at radius 1 is 1.38 bits per heavy atom. The van der Waals surface area contributed by atoms with E-state index in [1.807, 2.05) is 37.2 Å². The Kier molecular flexibility index (Phi) is 15.6. The van der Waals surface area contributed by atoms with Crippen molar-refractivity contribution in [2.75, 3.05) is 39.5 Å². The molecule has 1 N–H and O–H groups in total. The van der Waals surface area contributed by atoms with E-state index in [1.54, 1.807) is 0 Å². The zero-order chi connectivity index (χ0) is 21.4. The second-order valence-electron chi connectivity index (χ2n) is 6.41. The molecule has 0 bridgehead atoms. The Morgan fingerprint density at radius 2 is 2.17 bits per heavy atom. The van der Waals surface area contributed by atoms with Crippen molar-refractivity contribution in [2.45, 2.75) is 57.5 Å². The summed E-state index contributed by atoms with van der Waals surface area (Å²) in [7, 11) is -3.32. The van der Waals surface area contributed by atoms with Gasteiger partial charge in [0.25, 0.3) is 0 Å². The summed E-state index contributed by atoms with van der Waals surface area (Å²) in [5.41, 5.74) is 0. The molecule has 0 amide bonds. The molecular formula is C16H30N3O7PSiV. The van der Waals surface area contributed by atoms with Crippen LogP contribution in [0.4, 0.5) is 0 Å². The molecular weight excluding hydrogens is 456 g/mol. The van der Waals surface area contributed by atoms with Crippen molar-refractivity contribution < 1.29 is 49.4 Å². The van der Waals surface area contributed by atoms with Crippen molar-refractivity contribution in [3.63, 3.8) is 0 Å². The Bertz CT molecular complexity index is 541. The molecule has 1 saturated heterocycles. The average molecular weight is 486 g/mol. The molecule has 1 aliphatic heterocycles. The fourth-order valence-electron chi connectivity index (χ4n) is 2.34. The topological polar surface area (TPSA) is 121 Å². The van der Waals surface area contributed by atoms with Crippen LogP contribution in [0.25, 0.3) is 0 Å². The summed E-state index contributed by atoms with van der Waals surface area (Å²) in [5, 5.41) is 11.9. The number of nitriles is 1. The Hall–Kier alpha value is 0.0413. The maximum atomic E-state index is 13.0. The van der Waals surface area contributed by atoms with Crippen molar-refractivity contribution in [2.24, 2.45) is 3.95 Å². The minimum absolute atomic E-state index is 0.0332. The van der Waals surface area contributed by atoms with E-state index in [-0.39, 0.29) is 32.3 Å². The molecule has 2 radical (unpaired) electrons. The first-order valence-corrected chi connectivity index (χ1v) is 12.8. The second-order valence-corrected chi connectivity index (χ2v) is 9.31. The Morgan fingerprint density at radius 3 is 2.90 bits per heavy atom. The van der Waals surface area contributed by atoms with Crippen molar-refractivity contribution >= 4 is 17.6 Å². The number of phosphoric acid groups is 1. The molecule has 0 aromatic carbocycles. The van der Waals surface area contributed by atoms with Crippen LogP contribution in [0.1, 0.15) is 33.1 Å². The van der Waals surface area contributed by atoms with Crippen LogP contribution in [-0.2, 0) is 49.4 Å². The van der Waals surface area contributed by atoms with Crippen molar-refractivity contribution in [3.05, 3.63) is 0 Å². The van der Waals surface area contributed by atoms with Crippen LogP contribution in [0.2, 0.25) is 6.04 Å². The van der Waals surface area contributed by atoms with Crippen molar-refractivity contribution in [1.82, 2.24) is 5.32 Å². The summed E-state index contributed by atoms with van der Waals surface area (Å²) in [4.78, 5) is 4.99. The number of ether oxygens (including phenoxy) is 1. The van der Waals surface area contributed by atoms with E-state index in [0.29, 0.717) is 29.3 Å². The van der Waals surface area contributed by atoms with Gasteiger partial charge in [-0.05, 0) is 26.3 Å². The van der Waals surface area contributed by atoms with Crippen LogP contribution in [-0.4, -0.2) is 67.6 Å². The standard InChI is InChI=1S/C16H30N3O7PSi.V/c1-14(2)26-28-12-4-7-19-8-11-24-27(20,23-9-3-6-17)25-15-5-10-21-16(15)13-22-18;/h14-16,19H,3-5,7-13H2,1-2H3;. The first kappa shape index (κ1) is 27.1. The Balaban J connectivity index is 2.35. The van der Waals surface area contributed by atoms with Gasteiger partial charge in [-0.1, -0.05) is 0 Å². The number of rotatable bonds is 18. The van der Waals surface area contributed by atoms with Gasteiger partial charge in [0.05, 0.1) is 0 Å². The van der Waals surface area contributed by atoms with E-state index in [2.05, 4.69) is 9.27 Å². The SMILES string of the molecule is CC(C)O[Si]CCCNCCOP(=O)(OCCC#N)OC1CCOC1CO[N]=[V]. The number of phosphoric ester groups is 1. The molecule has 0 aromatic rings. The van der Waals surface area contributed by atoms with Gasteiger partial charge in [-0.15, -0.1) is 0 Å². The van der Waals surface area contributed by atoms with Gasteiger partial charge in [0.2, 0.25) is 9.76 Å². The van der Waals surface area contributed by atoms with Crippen molar-refractivity contribution in [1.29, 1.82) is 5.26 Å². The molecule has 0 aliphatic carbocycles. The van der Waals surface area contributed by atoms with E-state index >= 15 is 0 Å². The first-order valence-electron chi connectivity index (χ1n) is 9.62. The third-order valence-electron chi connectivity index (χ3n) is 3.65. The van der Waals surface area contributed by atoms with Crippen molar-refractivity contribution in [3.8, 4) is 6.07 Å². The molecule has 1 rings (SSSR count). The number of hydrogen-bond donors (Lipinski definition) is 1. The van der Waals surface area contributed by atoms with Crippen LogP contribution in [0.3, 0.4) is 0 Å². The van der Waals surface area contributed by atoms with Gasteiger partial charge in [0.1, 0.15) is 0 Å².